The Morgan fingerprint density at radius 3 is 3.00 bits per heavy atom. The fourth-order valence-corrected chi connectivity index (χ4v) is 4.24. The summed E-state index contributed by atoms with van der Waals surface area (Å²) in [6.45, 7) is 4.14. The first-order valence-electron chi connectivity index (χ1n) is 6.82. The van der Waals surface area contributed by atoms with E-state index in [9.17, 15) is 5.11 Å². The van der Waals surface area contributed by atoms with Crippen molar-refractivity contribution >= 4 is 29.2 Å². The lowest BCUT2D eigenvalue weighted by atomic mass is 10.1. The van der Waals surface area contributed by atoms with E-state index in [2.05, 4.69) is 15.3 Å². The highest BCUT2D eigenvalue weighted by Crippen LogP contribution is 2.42. The van der Waals surface area contributed by atoms with Crippen LogP contribution in [-0.2, 0) is 9.47 Å². The van der Waals surface area contributed by atoms with Gasteiger partial charge < -0.3 is 19.9 Å². The van der Waals surface area contributed by atoms with Crippen molar-refractivity contribution < 1.29 is 14.6 Å². The van der Waals surface area contributed by atoms with Crippen LogP contribution in [0.15, 0.2) is 12.4 Å². The Hall–Kier alpha value is -0.600. The molecule has 3 heterocycles. The van der Waals surface area contributed by atoms with E-state index in [1.54, 1.807) is 18.0 Å². The number of aliphatic hydroxyl groups is 1. The Balaban J connectivity index is 1.59. The zero-order valence-electron chi connectivity index (χ0n) is 11.8. The average Bonchev–Trinajstić information content (AvgIpc) is 2.92. The van der Waals surface area contributed by atoms with Crippen molar-refractivity contribution in [3.05, 3.63) is 17.5 Å². The van der Waals surface area contributed by atoms with Crippen molar-refractivity contribution in [1.29, 1.82) is 0 Å². The summed E-state index contributed by atoms with van der Waals surface area (Å²) in [7, 11) is 0. The van der Waals surface area contributed by atoms with Crippen LogP contribution >= 0.6 is 23.4 Å². The molecule has 2 aliphatic rings. The van der Waals surface area contributed by atoms with Crippen LogP contribution in [0.3, 0.4) is 0 Å². The van der Waals surface area contributed by atoms with E-state index < -0.39 is 11.9 Å². The lowest BCUT2D eigenvalue weighted by Gasteiger charge is -2.25. The van der Waals surface area contributed by atoms with E-state index in [0.717, 1.165) is 5.75 Å². The number of hydrogen-bond donors (Lipinski definition) is 2. The molecule has 1 aromatic heterocycles. The molecule has 0 radical (unpaired) electrons. The molecule has 2 fully saturated rings. The SMILES string of the molecule is CC1(C)O[C@@H]2[C@@H](CS[C@H]2C(O)CNc2nccnc2Cl)O1. The van der Waals surface area contributed by atoms with Gasteiger partial charge in [0.05, 0.1) is 17.5 Å². The van der Waals surface area contributed by atoms with Gasteiger partial charge in [0.1, 0.15) is 6.10 Å². The molecular formula is C13H18ClN3O3S. The molecule has 116 valence electrons. The third-order valence-electron chi connectivity index (χ3n) is 3.51. The number of nitrogens with zero attached hydrogens (tertiary/aromatic N) is 2. The summed E-state index contributed by atoms with van der Waals surface area (Å²) >= 11 is 7.60. The predicted molar refractivity (Wildman–Crippen MR) is 81.6 cm³/mol. The number of ether oxygens (including phenoxy) is 2. The van der Waals surface area contributed by atoms with E-state index in [1.165, 1.54) is 6.20 Å². The molecule has 0 aromatic carbocycles. The number of hydrogen-bond acceptors (Lipinski definition) is 7. The Morgan fingerprint density at radius 2 is 2.24 bits per heavy atom. The van der Waals surface area contributed by atoms with Crippen molar-refractivity contribution in [3.8, 4) is 0 Å². The van der Waals surface area contributed by atoms with Gasteiger partial charge >= 0.3 is 0 Å². The third kappa shape index (κ3) is 3.27. The van der Waals surface area contributed by atoms with Crippen LogP contribution in [0.4, 0.5) is 5.82 Å². The quantitative estimate of drug-likeness (QED) is 0.866. The fraction of sp³-hybridized carbons (Fsp3) is 0.692. The van der Waals surface area contributed by atoms with Gasteiger partial charge in [-0.2, -0.15) is 11.8 Å². The molecule has 2 N–H and O–H groups in total. The molecule has 0 saturated carbocycles. The highest BCUT2D eigenvalue weighted by Gasteiger charge is 2.51. The molecule has 2 aliphatic heterocycles. The summed E-state index contributed by atoms with van der Waals surface area (Å²) in [5, 5.41) is 13.7. The summed E-state index contributed by atoms with van der Waals surface area (Å²) in [5.41, 5.74) is 0. The van der Waals surface area contributed by atoms with Gasteiger partial charge in [0, 0.05) is 24.7 Å². The first-order chi connectivity index (χ1) is 9.96. The molecule has 0 aliphatic carbocycles. The van der Waals surface area contributed by atoms with Crippen molar-refractivity contribution in [2.24, 2.45) is 0 Å². The van der Waals surface area contributed by atoms with E-state index in [4.69, 9.17) is 21.1 Å². The monoisotopic (exact) mass is 331 g/mol. The largest absolute Gasteiger partial charge is 0.390 e. The molecular weight excluding hydrogens is 314 g/mol. The molecule has 6 nitrogen and oxygen atoms in total. The van der Waals surface area contributed by atoms with Crippen molar-refractivity contribution in [3.63, 3.8) is 0 Å². The predicted octanol–water partition coefficient (Wildman–Crippen LogP) is 1.54. The summed E-state index contributed by atoms with van der Waals surface area (Å²) in [5.74, 6) is 0.735. The Bertz CT molecular complexity index is 519. The lowest BCUT2D eigenvalue weighted by molar-refractivity contribution is -0.147. The second-order valence-electron chi connectivity index (χ2n) is 5.58. The normalized spacial score (nSPS) is 31.9. The zero-order valence-corrected chi connectivity index (χ0v) is 13.4. The number of aromatic nitrogens is 2. The van der Waals surface area contributed by atoms with Crippen LogP contribution in [0.25, 0.3) is 0 Å². The third-order valence-corrected chi connectivity index (χ3v) is 5.27. The molecule has 0 bridgehead atoms. The van der Waals surface area contributed by atoms with Crippen molar-refractivity contribution in [1.82, 2.24) is 9.97 Å². The molecule has 21 heavy (non-hydrogen) atoms. The molecule has 8 heteroatoms. The van der Waals surface area contributed by atoms with Crippen LogP contribution in [0, 0.1) is 0 Å². The van der Waals surface area contributed by atoms with Gasteiger partial charge in [-0.3, -0.25) is 0 Å². The van der Waals surface area contributed by atoms with E-state index in [1.807, 2.05) is 13.8 Å². The van der Waals surface area contributed by atoms with Crippen LogP contribution < -0.4 is 5.32 Å². The molecule has 3 rings (SSSR count). The van der Waals surface area contributed by atoms with Crippen LogP contribution in [0.2, 0.25) is 5.15 Å². The van der Waals surface area contributed by atoms with Gasteiger partial charge in [0.25, 0.3) is 0 Å². The van der Waals surface area contributed by atoms with Crippen molar-refractivity contribution in [2.75, 3.05) is 17.6 Å². The minimum Gasteiger partial charge on any atom is -0.390 e. The summed E-state index contributed by atoms with van der Waals surface area (Å²) in [6.07, 6.45) is 2.45. The minimum absolute atomic E-state index is 0.0280. The number of fused-ring (bicyclic) bond motifs is 1. The number of rotatable bonds is 4. The Kier molecular flexibility index (Phi) is 4.29. The fourth-order valence-electron chi connectivity index (χ4n) is 2.66. The van der Waals surface area contributed by atoms with Gasteiger partial charge in [0.2, 0.25) is 0 Å². The molecule has 4 atom stereocenters. The first kappa shape index (κ1) is 15.3. The maximum atomic E-state index is 10.4. The van der Waals surface area contributed by atoms with Crippen molar-refractivity contribution in [2.45, 2.75) is 43.2 Å². The smallest absolute Gasteiger partial charge is 0.171 e. The number of anilines is 1. The molecule has 0 spiro atoms. The lowest BCUT2D eigenvalue weighted by Crippen LogP contribution is -2.40. The molecule has 1 unspecified atom stereocenters. The van der Waals surface area contributed by atoms with E-state index in [0.29, 0.717) is 17.5 Å². The van der Waals surface area contributed by atoms with Crippen LogP contribution in [0.1, 0.15) is 13.8 Å². The zero-order chi connectivity index (χ0) is 15.0. The van der Waals surface area contributed by atoms with E-state index in [-0.39, 0.29) is 17.5 Å². The van der Waals surface area contributed by atoms with E-state index >= 15 is 0 Å². The summed E-state index contributed by atoms with van der Waals surface area (Å²) < 4.78 is 11.7. The average molecular weight is 332 g/mol. The Labute approximate surface area is 132 Å². The second-order valence-corrected chi connectivity index (χ2v) is 7.15. The maximum Gasteiger partial charge on any atom is 0.171 e. The second kappa shape index (κ2) is 5.89. The summed E-state index contributed by atoms with van der Waals surface area (Å²) in [4.78, 5) is 8.02. The summed E-state index contributed by atoms with van der Waals surface area (Å²) in [6, 6.07) is 0. The number of nitrogens with one attached hydrogen (secondary N) is 1. The number of halogens is 1. The van der Waals surface area contributed by atoms with Gasteiger partial charge in [-0.05, 0) is 13.8 Å². The van der Waals surface area contributed by atoms with Gasteiger partial charge in [-0.25, -0.2) is 9.97 Å². The number of thioether (sulfide) groups is 1. The highest BCUT2D eigenvalue weighted by atomic mass is 35.5. The van der Waals surface area contributed by atoms with Gasteiger partial charge in [0.15, 0.2) is 16.8 Å². The van der Waals surface area contributed by atoms with Crippen LogP contribution in [-0.4, -0.2) is 56.7 Å². The standard InChI is InChI=1S/C13H18ClN3O3S/c1-13(2)19-8-6-21-10(9(8)20-13)7(18)5-17-12-11(14)15-3-4-16-12/h3-4,7-10,18H,5-6H2,1-2H3,(H,16,17)/t7?,8-,9-,10+/m1/s1. The van der Waals surface area contributed by atoms with Gasteiger partial charge in [-0.15, -0.1) is 0 Å². The van der Waals surface area contributed by atoms with Crippen LogP contribution in [0.5, 0.6) is 0 Å². The molecule has 0 amide bonds. The maximum absolute atomic E-state index is 10.4. The first-order valence-corrected chi connectivity index (χ1v) is 8.24. The minimum atomic E-state index is -0.583. The van der Waals surface area contributed by atoms with Gasteiger partial charge in [-0.1, -0.05) is 11.6 Å². The molecule has 2 saturated heterocycles. The topological polar surface area (TPSA) is 76.5 Å². The molecule has 1 aromatic rings. The highest BCUT2D eigenvalue weighted by molar-refractivity contribution is 8.00. The number of aliphatic hydroxyl groups excluding tert-OH is 1. The Morgan fingerprint density at radius 1 is 1.48 bits per heavy atom.